The summed E-state index contributed by atoms with van der Waals surface area (Å²) in [4.78, 5) is 20.5. The van der Waals surface area contributed by atoms with E-state index in [2.05, 4.69) is 20.4 Å². The number of amides is 1. The van der Waals surface area contributed by atoms with Crippen LogP contribution in [0.1, 0.15) is 22.0 Å². The van der Waals surface area contributed by atoms with Crippen LogP contribution in [0.4, 0.5) is 5.95 Å². The smallest absolute Gasteiger partial charge is 0.258 e. The molecule has 2 aromatic heterocycles. The fourth-order valence-corrected chi connectivity index (χ4v) is 3.04. The number of ether oxygens (including phenoxy) is 1. The lowest BCUT2D eigenvalue weighted by Crippen LogP contribution is -2.32. The van der Waals surface area contributed by atoms with Gasteiger partial charge in [0.05, 0.1) is 12.8 Å². The number of aromatic nitrogens is 4. The van der Waals surface area contributed by atoms with E-state index in [1.807, 2.05) is 0 Å². The van der Waals surface area contributed by atoms with Crippen molar-refractivity contribution in [3.05, 3.63) is 54.0 Å². The minimum Gasteiger partial charge on any atom is -0.394 e. The Hall–Kier alpha value is -2.92. The molecular weight excluding hydrogens is 354 g/mol. The molecule has 4 N–H and O–H groups in total. The van der Waals surface area contributed by atoms with Gasteiger partial charge in [-0.05, 0) is 12.1 Å². The highest BCUT2D eigenvalue weighted by Gasteiger charge is 2.44. The summed E-state index contributed by atoms with van der Waals surface area (Å²) >= 11 is 0. The van der Waals surface area contributed by atoms with E-state index >= 15 is 0 Å². The Labute approximate surface area is 153 Å². The number of benzene rings is 1. The van der Waals surface area contributed by atoms with E-state index in [-0.39, 0.29) is 11.9 Å². The first-order chi connectivity index (χ1) is 13.1. The Morgan fingerprint density at radius 2 is 1.96 bits per heavy atom. The minimum absolute atomic E-state index is 0.145. The highest BCUT2D eigenvalue weighted by Crippen LogP contribution is 2.35. The van der Waals surface area contributed by atoms with Crippen LogP contribution in [0.25, 0.3) is 5.65 Å². The largest absolute Gasteiger partial charge is 0.394 e. The van der Waals surface area contributed by atoms with Crippen molar-refractivity contribution in [2.24, 2.45) is 0 Å². The maximum atomic E-state index is 12.4. The van der Waals surface area contributed by atoms with Gasteiger partial charge in [-0.15, -0.1) is 0 Å². The number of fused-ring (bicyclic) bond motifs is 1. The maximum Gasteiger partial charge on any atom is 0.258 e. The summed E-state index contributed by atoms with van der Waals surface area (Å²) in [6.45, 7) is -0.429. The highest BCUT2D eigenvalue weighted by atomic mass is 16.6. The van der Waals surface area contributed by atoms with Crippen LogP contribution >= 0.6 is 0 Å². The van der Waals surface area contributed by atoms with Crippen LogP contribution in [0.2, 0.25) is 0 Å². The SMILES string of the molecule is O=C(Nc1ncnc2c([C@@H]3O[C@H](CO)[C@@H](O)[C@H]3O)cnn12)c1ccccc1. The number of hydrogen-bond donors (Lipinski definition) is 4. The molecule has 1 aliphatic rings. The molecule has 3 heterocycles. The van der Waals surface area contributed by atoms with E-state index < -0.39 is 31.0 Å². The standard InChI is InChI=1S/C17H17N5O5/c23-7-11-12(24)13(25)14(27-11)10-6-20-22-15(10)18-8-19-17(22)21-16(26)9-4-2-1-3-5-9/h1-6,8,11-14,23-25H,7H2,(H,18,19,21,26)/t11-,12-,13-,14+/m1/s1. The average molecular weight is 371 g/mol. The average Bonchev–Trinajstić information content (AvgIpc) is 3.25. The molecular formula is C17H17N5O5. The third-order valence-electron chi connectivity index (χ3n) is 4.44. The first kappa shape index (κ1) is 17.5. The van der Waals surface area contributed by atoms with Crippen molar-refractivity contribution in [3.8, 4) is 0 Å². The van der Waals surface area contributed by atoms with Crippen molar-refractivity contribution in [3.63, 3.8) is 0 Å². The van der Waals surface area contributed by atoms with Gasteiger partial charge >= 0.3 is 0 Å². The lowest BCUT2D eigenvalue weighted by Gasteiger charge is -2.13. The van der Waals surface area contributed by atoms with Crippen molar-refractivity contribution >= 4 is 17.5 Å². The zero-order chi connectivity index (χ0) is 19.0. The molecule has 0 spiro atoms. The topological polar surface area (TPSA) is 142 Å². The van der Waals surface area contributed by atoms with Crippen LogP contribution < -0.4 is 5.32 Å². The number of rotatable bonds is 4. The Morgan fingerprint density at radius 1 is 1.19 bits per heavy atom. The van der Waals surface area contributed by atoms with E-state index in [9.17, 15) is 20.1 Å². The predicted octanol–water partition coefficient (Wildman–Crippen LogP) is -0.469. The van der Waals surface area contributed by atoms with E-state index in [0.717, 1.165) is 0 Å². The van der Waals surface area contributed by atoms with Gasteiger partial charge in [-0.25, -0.2) is 9.97 Å². The number of hydrogen-bond acceptors (Lipinski definition) is 8. The van der Waals surface area contributed by atoms with Gasteiger partial charge < -0.3 is 20.1 Å². The van der Waals surface area contributed by atoms with Crippen LogP contribution in [0.15, 0.2) is 42.9 Å². The van der Waals surface area contributed by atoms with Crippen LogP contribution in [-0.4, -0.2) is 65.7 Å². The number of anilines is 1. The van der Waals surface area contributed by atoms with Gasteiger partial charge in [0.15, 0.2) is 5.65 Å². The number of carbonyl (C=O) groups is 1. The molecule has 0 unspecified atom stereocenters. The van der Waals surface area contributed by atoms with E-state index in [0.29, 0.717) is 16.8 Å². The van der Waals surface area contributed by atoms with Crippen molar-refractivity contribution in [1.29, 1.82) is 0 Å². The molecule has 1 aromatic carbocycles. The quantitative estimate of drug-likeness (QED) is 0.482. The monoisotopic (exact) mass is 371 g/mol. The maximum absolute atomic E-state index is 12.4. The number of nitrogens with one attached hydrogen (secondary N) is 1. The molecule has 1 fully saturated rings. The number of aliphatic hydroxyl groups is 3. The summed E-state index contributed by atoms with van der Waals surface area (Å²) in [6, 6.07) is 8.64. The second-order valence-electron chi connectivity index (χ2n) is 6.11. The Balaban J connectivity index is 1.65. The van der Waals surface area contributed by atoms with Gasteiger partial charge in [-0.2, -0.15) is 9.61 Å². The molecule has 3 aromatic rings. The van der Waals surface area contributed by atoms with Crippen LogP contribution in [-0.2, 0) is 4.74 Å². The first-order valence-electron chi connectivity index (χ1n) is 8.27. The summed E-state index contributed by atoms with van der Waals surface area (Å²) in [5, 5.41) is 36.2. The first-order valence-corrected chi connectivity index (χ1v) is 8.27. The number of nitrogens with zero attached hydrogens (tertiary/aromatic N) is 4. The fraction of sp³-hybridized carbons (Fsp3) is 0.294. The molecule has 0 saturated carbocycles. The lowest BCUT2D eigenvalue weighted by molar-refractivity contribution is -0.0224. The molecule has 27 heavy (non-hydrogen) atoms. The molecule has 0 radical (unpaired) electrons. The van der Waals surface area contributed by atoms with Gasteiger partial charge in [0, 0.05) is 11.1 Å². The van der Waals surface area contributed by atoms with Crippen molar-refractivity contribution in [2.75, 3.05) is 11.9 Å². The third-order valence-corrected chi connectivity index (χ3v) is 4.44. The van der Waals surface area contributed by atoms with Crippen molar-refractivity contribution in [2.45, 2.75) is 24.4 Å². The van der Waals surface area contributed by atoms with E-state index in [1.165, 1.54) is 17.0 Å². The van der Waals surface area contributed by atoms with Gasteiger partial charge in [0.1, 0.15) is 30.7 Å². The third kappa shape index (κ3) is 3.04. The molecule has 10 nitrogen and oxygen atoms in total. The normalized spacial score (nSPS) is 25.0. The predicted molar refractivity (Wildman–Crippen MR) is 91.9 cm³/mol. The fourth-order valence-electron chi connectivity index (χ4n) is 3.04. The molecule has 1 aliphatic heterocycles. The molecule has 4 atom stereocenters. The Morgan fingerprint density at radius 3 is 2.67 bits per heavy atom. The summed E-state index contributed by atoms with van der Waals surface area (Å²) in [5.74, 6) is -0.215. The lowest BCUT2D eigenvalue weighted by atomic mass is 10.0. The number of aliphatic hydroxyl groups excluding tert-OH is 3. The van der Waals surface area contributed by atoms with E-state index in [4.69, 9.17) is 4.74 Å². The summed E-state index contributed by atoms with van der Waals surface area (Å²) in [7, 11) is 0. The zero-order valence-corrected chi connectivity index (χ0v) is 14.0. The Bertz CT molecular complexity index is 963. The minimum atomic E-state index is -1.24. The molecule has 1 saturated heterocycles. The molecule has 0 aliphatic carbocycles. The molecule has 4 rings (SSSR count). The molecule has 1 amide bonds. The van der Waals surface area contributed by atoms with E-state index in [1.54, 1.807) is 30.3 Å². The summed E-state index contributed by atoms with van der Waals surface area (Å²) < 4.78 is 6.84. The van der Waals surface area contributed by atoms with Crippen LogP contribution in [0.5, 0.6) is 0 Å². The molecule has 10 heteroatoms. The second kappa shape index (κ2) is 7.00. The van der Waals surface area contributed by atoms with Gasteiger partial charge in [-0.3, -0.25) is 10.1 Å². The molecule has 0 bridgehead atoms. The second-order valence-corrected chi connectivity index (χ2v) is 6.11. The highest BCUT2D eigenvalue weighted by molar-refractivity contribution is 6.03. The van der Waals surface area contributed by atoms with Crippen LogP contribution in [0, 0.1) is 0 Å². The van der Waals surface area contributed by atoms with Gasteiger partial charge in [0.2, 0.25) is 5.95 Å². The Kier molecular flexibility index (Phi) is 4.54. The number of carbonyl (C=O) groups excluding carboxylic acids is 1. The summed E-state index contributed by atoms with van der Waals surface area (Å²) in [5.41, 5.74) is 1.18. The van der Waals surface area contributed by atoms with Crippen molar-refractivity contribution < 1.29 is 24.9 Å². The zero-order valence-electron chi connectivity index (χ0n) is 14.0. The van der Waals surface area contributed by atoms with Gasteiger partial charge in [0.25, 0.3) is 5.91 Å². The van der Waals surface area contributed by atoms with Crippen LogP contribution in [0.3, 0.4) is 0 Å². The van der Waals surface area contributed by atoms with Crippen molar-refractivity contribution in [1.82, 2.24) is 19.6 Å². The molecule has 140 valence electrons. The van der Waals surface area contributed by atoms with Gasteiger partial charge in [-0.1, -0.05) is 18.2 Å². The summed E-state index contributed by atoms with van der Waals surface area (Å²) in [6.07, 6.45) is -1.62.